The first-order chi connectivity index (χ1) is 9.29. The molecule has 1 unspecified atom stereocenters. The van der Waals surface area contributed by atoms with E-state index in [0.29, 0.717) is 0 Å². The average Bonchev–Trinajstić information content (AvgIpc) is 3.10. The number of nitrogens with zero attached hydrogens (tertiary/aromatic N) is 4. The fourth-order valence-corrected chi connectivity index (χ4v) is 2.42. The molecule has 1 aliphatic heterocycles. The van der Waals surface area contributed by atoms with E-state index in [2.05, 4.69) is 27.6 Å². The minimum atomic E-state index is 0.229. The molecule has 1 N–H and O–H groups in total. The van der Waals surface area contributed by atoms with E-state index in [1.54, 1.807) is 0 Å². The maximum atomic E-state index is 5.74. The van der Waals surface area contributed by atoms with Crippen molar-refractivity contribution in [2.24, 2.45) is 5.92 Å². The third-order valence-electron chi connectivity index (χ3n) is 3.75. The van der Waals surface area contributed by atoms with Gasteiger partial charge in [-0.1, -0.05) is 5.21 Å². The molecule has 0 radical (unpaired) electrons. The van der Waals surface area contributed by atoms with Crippen LogP contribution < -0.4 is 5.32 Å². The zero-order valence-corrected chi connectivity index (χ0v) is 11.6. The van der Waals surface area contributed by atoms with Crippen molar-refractivity contribution in [3.63, 3.8) is 0 Å². The van der Waals surface area contributed by atoms with E-state index < -0.39 is 0 Å². The highest BCUT2D eigenvalue weighted by Crippen LogP contribution is 2.27. The SMILES string of the molecule is CN1CCOC(Cn2cc(CNCC3CC3)nn2)C1. The van der Waals surface area contributed by atoms with Crippen molar-refractivity contribution in [3.8, 4) is 0 Å². The van der Waals surface area contributed by atoms with E-state index in [-0.39, 0.29) is 6.10 Å². The molecule has 6 nitrogen and oxygen atoms in total. The topological polar surface area (TPSA) is 55.2 Å². The molecule has 0 amide bonds. The van der Waals surface area contributed by atoms with Gasteiger partial charge in [0.15, 0.2) is 0 Å². The summed E-state index contributed by atoms with van der Waals surface area (Å²) in [7, 11) is 2.13. The van der Waals surface area contributed by atoms with Crippen LogP contribution in [0, 0.1) is 5.92 Å². The Kier molecular flexibility index (Phi) is 4.10. The Hall–Kier alpha value is -0.980. The molecule has 1 aromatic rings. The van der Waals surface area contributed by atoms with Gasteiger partial charge in [-0.3, -0.25) is 0 Å². The Morgan fingerprint density at radius 1 is 1.47 bits per heavy atom. The lowest BCUT2D eigenvalue weighted by atomic mass is 10.3. The van der Waals surface area contributed by atoms with Crippen LogP contribution in [0.4, 0.5) is 0 Å². The molecule has 1 aliphatic carbocycles. The van der Waals surface area contributed by atoms with Crippen LogP contribution in [0.15, 0.2) is 6.20 Å². The molecule has 1 saturated heterocycles. The van der Waals surface area contributed by atoms with E-state index in [1.807, 2.05) is 10.9 Å². The minimum Gasteiger partial charge on any atom is -0.374 e. The van der Waals surface area contributed by atoms with Gasteiger partial charge in [-0.25, -0.2) is 4.68 Å². The molecule has 6 heteroatoms. The summed E-state index contributed by atoms with van der Waals surface area (Å²) in [6, 6.07) is 0. The van der Waals surface area contributed by atoms with E-state index >= 15 is 0 Å². The van der Waals surface area contributed by atoms with Crippen molar-refractivity contribution in [2.45, 2.75) is 32.0 Å². The molecular formula is C13H23N5O. The number of likely N-dealkylation sites (N-methyl/N-ethyl adjacent to an activating group) is 1. The number of nitrogens with one attached hydrogen (secondary N) is 1. The van der Waals surface area contributed by atoms with Crippen LogP contribution in [0.2, 0.25) is 0 Å². The quantitative estimate of drug-likeness (QED) is 0.791. The molecule has 3 rings (SSSR count). The van der Waals surface area contributed by atoms with Crippen LogP contribution >= 0.6 is 0 Å². The number of aromatic nitrogens is 3. The summed E-state index contributed by atoms with van der Waals surface area (Å²) < 4.78 is 7.64. The molecule has 2 heterocycles. The lowest BCUT2D eigenvalue weighted by Crippen LogP contribution is -2.42. The Morgan fingerprint density at radius 2 is 2.37 bits per heavy atom. The van der Waals surface area contributed by atoms with Crippen LogP contribution in [0.25, 0.3) is 0 Å². The number of morpholine rings is 1. The summed E-state index contributed by atoms with van der Waals surface area (Å²) in [5.41, 5.74) is 1.02. The van der Waals surface area contributed by atoms with E-state index in [4.69, 9.17) is 4.74 Å². The summed E-state index contributed by atoms with van der Waals surface area (Å²) >= 11 is 0. The van der Waals surface area contributed by atoms with Gasteiger partial charge in [0, 0.05) is 25.8 Å². The monoisotopic (exact) mass is 265 g/mol. The van der Waals surface area contributed by atoms with E-state index in [1.165, 1.54) is 12.8 Å². The second-order valence-corrected chi connectivity index (χ2v) is 5.76. The number of rotatable bonds is 6. The average molecular weight is 265 g/mol. The summed E-state index contributed by atoms with van der Waals surface area (Å²) in [4.78, 5) is 2.29. The highest BCUT2D eigenvalue weighted by atomic mass is 16.5. The smallest absolute Gasteiger partial charge is 0.0964 e. The second kappa shape index (κ2) is 5.98. The molecule has 106 valence electrons. The number of hydrogen-bond acceptors (Lipinski definition) is 5. The summed E-state index contributed by atoms with van der Waals surface area (Å²) in [6.45, 7) is 5.52. The van der Waals surface area contributed by atoms with Gasteiger partial charge in [-0.15, -0.1) is 5.10 Å². The first-order valence-corrected chi connectivity index (χ1v) is 7.19. The third kappa shape index (κ3) is 3.99. The van der Waals surface area contributed by atoms with Crippen molar-refractivity contribution < 1.29 is 4.74 Å². The van der Waals surface area contributed by atoms with Gasteiger partial charge >= 0.3 is 0 Å². The largest absolute Gasteiger partial charge is 0.374 e. The lowest BCUT2D eigenvalue weighted by molar-refractivity contribution is -0.0292. The molecule has 0 bridgehead atoms. The van der Waals surface area contributed by atoms with Crippen LogP contribution in [-0.2, 0) is 17.8 Å². The Morgan fingerprint density at radius 3 is 3.16 bits per heavy atom. The standard InChI is InChI=1S/C13H23N5O/c1-17-4-5-19-13(9-17)10-18-8-12(15-16-18)7-14-6-11-2-3-11/h8,11,13-14H,2-7,9-10H2,1H3. The highest BCUT2D eigenvalue weighted by Gasteiger charge is 2.21. The fraction of sp³-hybridized carbons (Fsp3) is 0.846. The van der Waals surface area contributed by atoms with E-state index in [0.717, 1.165) is 50.9 Å². The van der Waals surface area contributed by atoms with Gasteiger partial charge in [0.05, 0.1) is 24.9 Å². The summed E-state index contributed by atoms with van der Waals surface area (Å²) in [5, 5.41) is 11.8. The van der Waals surface area contributed by atoms with Crippen molar-refractivity contribution >= 4 is 0 Å². The van der Waals surface area contributed by atoms with Gasteiger partial charge in [0.1, 0.15) is 0 Å². The Balaban J connectivity index is 1.44. The molecule has 2 aliphatic rings. The van der Waals surface area contributed by atoms with Gasteiger partial charge in [-0.05, 0) is 32.4 Å². The van der Waals surface area contributed by atoms with Crippen LogP contribution in [0.5, 0.6) is 0 Å². The zero-order valence-electron chi connectivity index (χ0n) is 11.6. The Bertz CT molecular complexity index is 403. The molecule has 1 atom stereocenters. The maximum absolute atomic E-state index is 5.74. The van der Waals surface area contributed by atoms with Gasteiger partial charge in [0.2, 0.25) is 0 Å². The predicted octanol–water partition coefficient (Wildman–Crippen LogP) is 0.108. The molecule has 1 aromatic heterocycles. The zero-order chi connectivity index (χ0) is 13.1. The highest BCUT2D eigenvalue weighted by molar-refractivity contribution is 4.92. The first-order valence-electron chi connectivity index (χ1n) is 7.19. The normalized spacial score (nSPS) is 24.8. The first kappa shape index (κ1) is 13.0. The van der Waals surface area contributed by atoms with Gasteiger partial charge < -0.3 is 15.0 Å². The number of ether oxygens (including phenoxy) is 1. The second-order valence-electron chi connectivity index (χ2n) is 5.76. The van der Waals surface area contributed by atoms with Crippen molar-refractivity contribution in [2.75, 3.05) is 33.3 Å². The molecule has 0 spiro atoms. The number of hydrogen-bond donors (Lipinski definition) is 1. The van der Waals surface area contributed by atoms with Gasteiger partial charge in [0.25, 0.3) is 0 Å². The third-order valence-corrected chi connectivity index (χ3v) is 3.75. The van der Waals surface area contributed by atoms with Crippen LogP contribution in [0.1, 0.15) is 18.5 Å². The molecule has 0 aromatic carbocycles. The molecule has 19 heavy (non-hydrogen) atoms. The van der Waals surface area contributed by atoms with Crippen molar-refractivity contribution in [1.82, 2.24) is 25.2 Å². The van der Waals surface area contributed by atoms with Crippen molar-refractivity contribution in [3.05, 3.63) is 11.9 Å². The van der Waals surface area contributed by atoms with Crippen LogP contribution in [-0.4, -0.2) is 59.3 Å². The van der Waals surface area contributed by atoms with Crippen LogP contribution in [0.3, 0.4) is 0 Å². The Labute approximate surface area is 114 Å². The van der Waals surface area contributed by atoms with Crippen molar-refractivity contribution in [1.29, 1.82) is 0 Å². The summed E-state index contributed by atoms with van der Waals surface area (Å²) in [5.74, 6) is 0.904. The molecule has 2 fully saturated rings. The molecule has 1 saturated carbocycles. The van der Waals surface area contributed by atoms with E-state index in [9.17, 15) is 0 Å². The summed E-state index contributed by atoms with van der Waals surface area (Å²) in [6.07, 6.45) is 5.02. The minimum absolute atomic E-state index is 0.229. The molecular weight excluding hydrogens is 242 g/mol. The van der Waals surface area contributed by atoms with Gasteiger partial charge in [-0.2, -0.15) is 0 Å². The fourth-order valence-electron chi connectivity index (χ4n) is 2.42. The predicted molar refractivity (Wildman–Crippen MR) is 71.7 cm³/mol. The lowest BCUT2D eigenvalue weighted by Gasteiger charge is -2.29. The maximum Gasteiger partial charge on any atom is 0.0964 e.